The Morgan fingerprint density at radius 3 is 2.56 bits per heavy atom. The first-order valence-electron chi connectivity index (χ1n) is 6.15. The summed E-state index contributed by atoms with van der Waals surface area (Å²) in [5, 5.41) is 3.50. The van der Waals surface area contributed by atoms with Gasteiger partial charge in [0.2, 0.25) is 0 Å². The van der Waals surface area contributed by atoms with Crippen molar-refractivity contribution in [1.29, 1.82) is 0 Å². The van der Waals surface area contributed by atoms with Crippen LogP contribution in [0.2, 0.25) is 0 Å². The maximum Gasteiger partial charge on any atom is 0.0364 e. The summed E-state index contributed by atoms with van der Waals surface area (Å²) in [5.41, 5.74) is 9.01. The second-order valence-electron chi connectivity index (χ2n) is 4.87. The third-order valence-corrected chi connectivity index (χ3v) is 3.15. The lowest BCUT2D eigenvalue weighted by molar-refractivity contribution is 0.484. The molecule has 0 spiro atoms. The van der Waals surface area contributed by atoms with E-state index in [1.54, 1.807) is 0 Å². The van der Waals surface area contributed by atoms with Crippen molar-refractivity contribution in [2.45, 2.75) is 46.6 Å². The molecule has 0 fully saturated rings. The molecule has 0 amide bonds. The molecule has 2 unspecified atom stereocenters. The van der Waals surface area contributed by atoms with E-state index >= 15 is 0 Å². The van der Waals surface area contributed by atoms with Crippen LogP contribution in [0, 0.1) is 12.8 Å². The van der Waals surface area contributed by atoms with Crippen LogP contribution in [0.25, 0.3) is 0 Å². The highest BCUT2D eigenvalue weighted by Gasteiger charge is 2.07. The maximum absolute atomic E-state index is 5.88. The normalized spacial score (nSPS) is 14.5. The van der Waals surface area contributed by atoms with Crippen LogP contribution in [-0.2, 0) is 0 Å². The number of benzene rings is 1. The molecular formula is C14H24N2. The second-order valence-corrected chi connectivity index (χ2v) is 4.87. The summed E-state index contributed by atoms with van der Waals surface area (Å²) < 4.78 is 0. The number of nitrogens with two attached hydrogens (primary N) is 1. The molecule has 0 aliphatic rings. The molecule has 0 bridgehead atoms. The molecule has 90 valence electrons. The Hall–Kier alpha value is -1.18. The maximum atomic E-state index is 5.88. The molecule has 0 aliphatic heterocycles. The van der Waals surface area contributed by atoms with E-state index in [0.29, 0.717) is 6.04 Å². The Balaban J connectivity index is 2.56. The smallest absolute Gasteiger partial charge is 0.0364 e. The third-order valence-electron chi connectivity index (χ3n) is 3.15. The van der Waals surface area contributed by atoms with Crippen molar-refractivity contribution in [3.05, 3.63) is 23.8 Å². The molecule has 0 aliphatic carbocycles. The van der Waals surface area contributed by atoms with Gasteiger partial charge >= 0.3 is 0 Å². The predicted octanol–water partition coefficient (Wildman–Crippen LogP) is 3.81. The summed E-state index contributed by atoms with van der Waals surface area (Å²) in [5.74, 6) is 0.769. The van der Waals surface area contributed by atoms with Gasteiger partial charge in [0, 0.05) is 17.4 Å². The lowest BCUT2D eigenvalue weighted by atomic mass is 10.00. The Kier molecular flexibility index (Phi) is 4.66. The molecule has 0 saturated heterocycles. The first-order valence-corrected chi connectivity index (χ1v) is 6.15. The van der Waals surface area contributed by atoms with Crippen molar-refractivity contribution in [2.24, 2.45) is 5.92 Å². The molecule has 0 saturated carbocycles. The first kappa shape index (κ1) is 12.9. The van der Waals surface area contributed by atoms with Crippen molar-refractivity contribution in [2.75, 3.05) is 11.1 Å². The summed E-state index contributed by atoms with van der Waals surface area (Å²) in [6.07, 6.45) is 2.44. The van der Waals surface area contributed by atoms with E-state index in [0.717, 1.165) is 22.9 Å². The van der Waals surface area contributed by atoms with Crippen LogP contribution in [0.5, 0.6) is 0 Å². The van der Waals surface area contributed by atoms with Crippen LogP contribution in [0.3, 0.4) is 0 Å². The lowest BCUT2D eigenvalue weighted by Gasteiger charge is -2.19. The number of anilines is 2. The molecular weight excluding hydrogens is 196 g/mol. The highest BCUT2D eigenvalue weighted by Crippen LogP contribution is 2.19. The average Bonchev–Trinajstić information content (AvgIpc) is 2.23. The molecule has 3 N–H and O–H groups in total. The molecule has 2 heteroatoms. The van der Waals surface area contributed by atoms with Gasteiger partial charge in [-0.25, -0.2) is 0 Å². The van der Waals surface area contributed by atoms with Gasteiger partial charge in [0.25, 0.3) is 0 Å². The number of hydrogen-bond acceptors (Lipinski definition) is 2. The number of nitrogen functional groups attached to an aromatic ring is 1. The molecule has 1 aromatic carbocycles. The first-order chi connectivity index (χ1) is 7.52. The van der Waals surface area contributed by atoms with Crippen LogP contribution >= 0.6 is 0 Å². The molecule has 0 aromatic heterocycles. The number of rotatable bonds is 5. The van der Waals surface area contributed by atoms with E-state index in [1.807, 2.05) is 13.0 Å². The topological polar surface area (TPSA) is 38.0 Å². The van der Waals surface area contributed by atoms with Gasteiger partial charge in [-0.1, -0.05) is 26.3 Å². The minimum atomic E-state index is 0.497. The van der Waals surface area contributed by atoms with Crippen molar-refractivity contribution in [3.63, 3.8) is 0 Å². The number of nitrogens with one attached hydrogen (secondary N) is 1. The van der Waals surface area contributed by atoms with Gasteiger partial charge in [-0.3, -0.25) is 0 Å². The van der Waals surface area contributed by atoms with E-state index in [-0.39, 0.29) is 0 Å². The van der Waals surface area contributed by atoms with Crippen LogP contribution < -0.4 is 11.1 Å². The van der Waals surface area contributed by atoms with Crippen LogP contribution in [0.1, 0.15) is 39.2 Å². The van der Waals surface area contributed by atoms with Crippen molar-refractivity contribution >= 4 is 11.4 Å². The highest BCUT2D eigenvalue weighted by molar-refractivity contribution is 5.58. The summed E-state index contributed by atoms with van der Waals surface area (Å²) in [6.45, 7) is 8.78. The molecule has 1 rings (SSSR count). The fraction of sp³-hybridized carbons (Fsp3) is 0.571. The van der Waals surface area contributed by atoms with Crippen LogP contribution in [0.4, 0.5) is 11.4 Å². The van der Waals surface area contributed by atoms with Gasteiger partial charge in [0.05, 0.1) is 0 Å². The summed E-state index contributed by atoms with van der Waals surface area (Å²) >= 11 is 0. The van der Waals surface area contributed by atoms with Gasteiger partial charge in [-0.2, -0.15) is 0 Å². The Morgan fingerprint density at radius 2 is 2.00 bits per heavy atom. The van der Waals surface area contributed by atoms with Gasteiger partial charge in [-0.05, 0) is 43.9 Å². The summed E-state index contributed by atoms with van der Waals surface area (Å²) in [6, 6.07) is 6.67. The Bertz CT molecular complexity index is 334. The van der Waals surface area contributed by atoms with Crippen LogP contribution in [-0.4, -0.2) is 6.04 Å². The SMILES string of the molecule is CCC(C)CC(C)Nc1ccc(C)c(N)c1. The van der Waals surface area contributed by atoms with Crippen molar-refractivity contribution in [1.82, 2.24) is 0 Å². The fourth-order valence-corrected chi connectivity index (χ4v) is 1.84. The zero-order valence-electron chi connectivity index (χ0n) is 10.9. The van der Waals surface area contributed by atoms with Gasteiger partial charge in [0.15, 0.2) is 0 Å². The Morgan fingerprint density at radius 1 is 1.31 bits per heavy atom. The number of hydrogen-bond donors (Lipinski definition) is 2. The molecule has 2 atom stereocenters. The van der Waals surface area contributed by atoms with E-state index < -0.39 is 0 Å². The molecule has 0 radical (unpaired) electrons. The molecule has 16 heavy (non-hydrogen) atoms. The highest BCUT2D eigenvalue weighted by atomic mass is 14.9. The lowest BCUT2D eigenvalue weighted by Crippen LogP contribution is -2.18. The Labute approximate surface area is 99.2 Å². The molecule has 0 heterocycles. The van der Waals surface area contributed by atoms with E-state index in [4.69, 9.17) is 5.73 Å². The van der Waals surface area contributed by atoms with Gasteiger partial charge < -0.3 is 11.1 Å². The van der Waals surface area contributed by atoms with Crippen LogP contribution in [0.15, 0.2) is 18.2 Å². The van der Waals surface area contributed by atoms with E-state index in [1.165, 1.54) is 12.8 Å². The predicted molar refractivity (Wildman–Crippen MR) is 72.7 cm³/mol. The molecule has 2 nitrogen and oxygen atoms in total. The fourth-order valence-electron chi connectivity index (χ4n) is 1.84. The largest absolute Gasteiger partial charge is 0.398 e. The monoisotopic (exact) mass is 220 g/mol. The van der Waals surface area contributed by atoms with Gasteiger partial charge in [-0.15, -0.1) is 0 Å². The minimum Gasteiger partial charge on any atom is -0.398 e. The summed E-state index contributed by atoms with van der Waals surface area (Å²) in [4.78, 5) is 0. The number of aryl methyl sites for hydroxylation is 1. The standard InChI is InChI=1S/C14H24N2/c1-5-10(2)8-12(4)16-13-7-6-11(3)14(15)9-13/h6-7,9-10,12,16H,5,8,15H2,1-4H3. The van der Waals surface area contributed by atoms with E-state index in [2.05, 4.69) is 38.2 Å². The minimum absolute atomic E-state index is 0.497. The van der Waals surface area contributed by atoms with E-state index in [9.17, 15) is 0 Å². The average molecular weight is 220 g/mol. The zero-order chi connectivity index (χ0) is 12.1. The van der Waals surface area contributed by atoms with Crippen molar-refractivity contribution in [3.8, 4) is 0 Å². The zero-order valence-corrected chi connectivity index (χ0v) is 10.9. The van der Waals surface area contributed by atoms with Crippen molar-refractivity contribution < 1.29 is 0 Å². The molecule has 1 aromatic rings. The second kappa shape index (κ2) is 5.78. The summed E-state index contributed by atoms with van der Waals surface area (Å²) in [7, 11) is 0. The van der Waals surface area contributed by atoms with Gasteiger partial charge in [0.1, 0.15) is 0 Å². The quantitative estimate of drug-likeness (QED) is 0.740. The third kappa shape index (κ3) is 3.76.